The first-order valence-electron chi connectivity index (χ1n) is 11.2. The van der Waals surface area contributed by atoms with Gasteiger partial charge in [-0.3, -0.25) is 13.9 Å². The first kappa shape index (κ1) is 24.3. The Morgan fingerprint density at radius 3 is 2.29 bits per heavy atom. The number of carbonyl (C=O) groups excluding carboxylic acids is 2. The molecule has 1 aliphatic rings. The van der Waals surface area contributed by atoms with Crippen LogP contribution in [0.1, 0.15) is 18.4 Å². The molecule has 2 amide bonds. The van der Waals surface area contributed by atoms with Gasteiger partial charge in [-0.2, -0.15) is 0 Å². The van der Waals surface area contributed by atoms with Crippen LogP contribution < -0.4 is 19.3 Å². The van der Waals surface area contributed by atoms with Gasteiger partial charge in [0.15, 0.2) is 0 Å². The van der Waals surface area contributed by atoms with Crippen LogP contribution in [-0.4, -0.2) is 39.6 Å². The normalized spacial score (nSPS) is 13.5. The van der Waals surface area contributed by atoms with Gasteiger partial charge in [0.1, 0.15) is 18.9 Å². The summed E-state index contributed by atoms with van der Waals surface area (Å²) >= 11 is 0. The quantitative estimate of drug-likeness (QED) is 0.489. The number of rotatable bonds is 9. The number of sulfonamides is 1. The van der Waals surface area contributed by atoms with Gasteiger partial charge in [-0.05, 0) is 60.5 Å². The molecule has 0 aliphatic carbocycles. The lowest BCUT2D eigenvalue weighted by Gasteiger charge is -2.22. The number of ether oxygens (including phenoxy) is 1. The summed E-state index contributed by atoms with van der Waals surface area (Å²) in [7, 11) is -3.71. The van der Waals surface area contributed by atoms with Gasteiger partial charge in [-0.25, -0.2) is 8.42 Å². The van der Waals surface area contributed by atoms with Gasteiger partial charge in [0, 0.05) is 24.3 Å². The van der Waals surface area contributed by atoms with Gasteiger partial charge < -0.3 is 15.0 Å². The predicted molar refractivity (Wildman–Crippen MR) is 136 cm³/mol. The first-order valence-corrected chi connectivity index (χ1v) is 13.1. The van der Waals surface area contributed by atoms with Crippen LogP contribution in [0.3, 0.4) is 0 Å². The molecule has 0 spiro atoms. The third-order valence-corrected chi connectivity index (χ3v) is 6.74. The van der Waals surface area contributed by atoms with Crippen molar-refractivity contribution in [1.82, 2.24) is 0 Å². The van der Waals surface area contributed by atoms with Gasteiger partial charge in [-0.1, -0.05) is 30.3 Å². The maximum absolute atomic E-state index is 12.7. The number of benzene rings is 3. The second-order valence-electron chi connectivity index (χ2n) is 8.28. The van der Waals surface area contributed by atoms with Crippen LogP contribution in [0.25, 0.3) is 0 Å². The highest BCUT2D eigenvalue weighted by atomic mass is 32.2. The fraction of sp³-hybridized carbons (Fsp3) is 0.231. The molecule has 35 heavy (non-hydrogen) atoms. The van der Waals surface area contributed by atoms with Crippen molar-refractivity contribution in [3.63, 3.8) is 0 Å². The Bertz CT molecular complexity index is 1280. The Morgan fingerprint density at radius 2 is 1.69 bits per heavy atom. The van der Waals surface area contributed by atoms with Crippen molar-refractivity contribution in [2.24, 2.45) is 0 Å². The van der Waals surface area contributed by atoms with E-state index in [-0.39, 0.29) is 12.5 Å². The molecule has 1 N–H and O–H groups in total. The Hall–Kier alpha value is -3.85. The van der Waals surface area contributed by atoms with E-state index in [0.717, 1.165) is 28.2 Å². The van der Waals surface area contributed by atoms with Gasteiger partial charge in [0.25, 0.3) is 0 Å². The summed E-state index contributed by atoms with van der Waals surface area (Å²) in [6.45, 7) is 0.697. The Labute approximate surface area is 205 Å². The van der Waals surface area contributed by atoms with Crippen LogP contribution in [0, 0.1) is 0 Å². The van der Waals surface area contributed by atoms with Gasteiger partial charge in [-0.15, -0.1) is 0 Å². The standard InChI is InChI=1S/C26H27N3O5S/c1-35(32,33)29(23-13-15-24(16-14-23)34-19-20-6-3-2-4-7-20)18-25(30)27-21-9-11-22(12-10-21)28-17-5-8-26(28)31/h2-4,6-7,9-16H,5,8,17-19H2,1H3,(H,27,30). The Kier molecular flexibility index (Phi) is 7.36. The van der Waals surface area contributed by atoms with Crippen molar-refractivity contribution in [3.8, 4) is 5.75 Å². The third-order valence-electron chi connectivity index (χ3n) is 5.60. The zero-order valence-electron chi connectivity index (χ0n) is 19.4. The maximum atomic E-state index is 12.7. The average molecular weight is 494 g/mol. The lowest BCUT2D eigenvalue weighted by atomic mass is 10.2. The van der Waals surface area contributed by atoms with Crippen molar-refractivity contribution in [2.45, 2.75) is 19.4 Å². The predicted octanol–water partition coefficient (Wildman–Crippen LogP) is 3.80. The van der Waals surface area contributed by atoms with Crippen molar-refractivity contribution >= 4 is 38.9 Å². The van der Waals surface area contributed by atoms with E-state index in [9.17, 15) is 18.0 Å². The van der Waals surface area contributed by atoms with E-state index in [1.54, 1.807) is 53.4 Å². The van der Waals surface area contributed by atoms with Crippen molar-refractivity contribution in [1.29, 1.82) is 0 Å². The molecule has 3 aromatic carbocycles. The van der Waals surface area contributed by atoms with Gasteiger partial charge in [0.05, 0.1) is 11.9 Å². The summed E-state index contributed by atoms with van der Waals surface area (Å²) in [4.78, 5) is 26.3. The van der Waals surface area contributed by atoms with E-state index in [4.69, 9.17) is 4.74 Å². The molecule has 0 atom stereocenters. The van der Waals surface area contributed by atoms with Gasteiger partial charge in [0.2, 0.25) is 21.8 Å². The monoisotopic (exact) mass is 493 g/mol. The van der Waals surface area contributed by atoms with E-state index in [2.05, 4.69) is 5.32 Å². The number of nitrogens with one attached hydrogen (secondary N) is 1. The molecular weight excluding hydrogens is 466 g/mol. The minimum Gasteiger partial charge on any atom is -0.489 e. The summed E-state index contributed by atoms with van der Waals surface area (Å²) < 4.78 is 31.6. The molecule has 1 aliphatic heterocycles. The first-order chi connectivity index (χ1) is 16.8. The van der Waals surface area contributed by atoms with Crippen LogP contribution in [0.4, 0.5) is 17.1 Å². The van der Waals surface area contributed by atoms with Crippen molar-refractivity contribution < 1.29 is 22.7 Å². The van der Waals surface area contributed by atoms with Crippen LogP contribution in [-0.2, 0) is 26.2 Å². The van der Waals surface area contributed by atoms with E-state index >= 15 is 0 Å². The number of nitrogens with zero attached hydrogens (tertiary/aromatic N) is 2. The summed E-state index contributed by atoms with van der Waals surface area (Å²) in [6, 6.07) is 23.2. The lowest BCUT2D eigenvalue weighted by Crippen LogP contribution is -2.37. The smallest absolute Gasteiger partial charge is 0.245 e. The molecule has 8 nitrogen and oxygen atoms in total. The molecule has 0 bridgehead atoms. The summed E-state index contributed by atoms with van der Waals surface area (Å²) in [6.07, 6.45) is 2.43. The Morgan fingerprint density at radius 1 is 1.00 bits per heavy atom. The molecule has 0 radical (unpaired) electrons. The third kappa shape index (κ3) is 6.39. The molecular formula is C26H27N3O5S. The summed E-state index contributed by atoms with van der Waals surface area (Å²) in [5, 5.41) is 2.72. The highest BCUT2D eigenvalue weighted by Crippen LogP contribution is 2.24. The van der Waals surface area contributed by atoms with Crippen molar-refractivity contribution in [2.75, 3.05) is 33.9 Å². The maximum Gasteiger partial charge on any atom is 0.245 e. The van der Waals surface area contributed by atoms with Crippen molar-refractivity contribution in [3.05, 3.63) is 84.4 Å². The molecule has 9 heteroatoms. The van der Waals surface area contributed by atoms with E-state index in [1.807, 2.05) is 30.3 Å². The van der Waals surface area contributed by atoms with Crippen LogP contribution in [0.5, 0.6) is 5.75 Å². The lowest BCUT2D eigenvalue weighted by molar-refractivity contribution is -0.117. The molecule has 0 unspecified atom stereocenters. The molecule has 0 saturated carbocycles. The zero-order valence-corrected chi connectivity index (χ0v) is 20.2. The number of hydrogen-bond acceptors (Lipinski definition) is 5. The average Bonchev–Trinajstić information content (AvgIpc) is 3.28. The molecule has 0 aromatic heterocycles. The minimum absolute atomic E-state index is 0.0852. The van der Waals surface area contributed by atoms with E-state index < -0.39 is 15.9 Å². The molecule has 1 fully saturated rings. The topological polar surface area (TPSA) is 96.0 Å². The molecule has 4 rings (SSSR count). The van der Waals surface area contributed by atoms with Crippen LogP contribution >= 0.6 is 0 Å². The summed E-state index contributed by atoms with van der Waals surface area (Å²) in [5.74, 6) is 0.193. The van der Waals surface area contributed by atoms with Crippen LogP contribution in [0.2, 0.25) is 0 Å². The highest BCUT2D eigenvalue weighted by Gasteiger charge is 2.23. The molecule has 1 saturated heterocycles. The highest BCUT2D eigenvalue weighted by molar-refractivity contribution is 7.92. The van der Waals surface area contributed by atoms with E-state index in [1.165, 1.54) is 0 Å². The second-order valence-corrected chi connectivity index (χ2v) is 10.2. The Balaban J connectivity index is 1.38. The number of amides is 2. The zero-order chi connectivity index (χ0) is 24.8. The van der Waals surface area contributed by atoms with E-state index in [0.29, 0.717) is 36.7 Å². The number of anilines is 3. The minimum atomic E-state index is -3.71. The summed E-state index contributed by atoms with van der Waals surface area (Å²) in [5.41, 5.74) is 2.67. The van der Waals surface area contributed by atoms with Gasteiger partial charge >= 0.3 is 0 Å². The molecule has 1 heterocycles. The number of hydrogen-bond donors (Lipinski definition) is 1. The second kappa shape index (κ2) is 10.6. The largest absolute Gasteiger partial charge is 0.489 e. The molecule has 182 valence electrons. The number of carbonyl (C=O) groups is 2. The van der Waals surface area contributed by atoms with Crippen LogP contribution in [0.15, 0.2) is 78.9 Å². The SMILES string of the molecule is CS(=O)(=O)N(CC(=O)Nc1ccc(N2CCCC2=O)cc1)c1ccc(OCc2ccccc2)cc1. The molecule has 3 aromatic rings. The fourth-order valence-electron chi connectivity index (χ4n) is 3.83. The fourth-order valence-corrected chi connectivity index (χ4v) is 4.68.